The molecule has 1 saturated heterocycles. The molecule has 2 rings (SSSR count). The number of hydrogen-bond acceptors (Lipinski definition) is 2. The van der Waals surface area contributed by atoms with Crippen LogP contribution in [0.2, 0.25) is 0 Å². The van der Waals surface area contributed by atoms with Crippen LogP contribution < -0.4 is 4.46 Å². The summed E-state index contributed by atoms with van der Waals surface area (Å²) in [4.78, 5) is 2.21. The van der Waals surface area contributed by atoms with Crippen molar-refractivity contribution in [2.45, 2.75) is 25.6 Å². The Morgan fingerprint density at radius 2 is 2.18 bits per heavy atom. The van der Waals surface area contributed by atoms with Crippen LogP contribution in [-0.2, 0) is 9.47 Å². The van der Waals surface area contributed by atoms with Gasteiger partial charge in [0, 0.05) is 0 Å². The van der Waals surface area contributed by atoms with Gasteiger partial charge in [0.1, 0.15) is 0 Å². The maximum atomic E-state index is 5.62. The van der Waals surface area contributed by atoms with Crippen LogP contribution >= 0.6 is 0 Å². The van der Waals surface area contributed by atoms with E-state index in [1.807, 2.05) is 6.07 Å². The first-order chi connectivity index (χ1) is 8.45. The topological polar surface area (TPSA) is 18.5 Å². The number of benzene rings is 1. The van der Waals surface area contributed by atoms with E-state index in [0.29, 0.717) is 21.6 Å². The zero-order chi connectivity index (χ0) is 11.8. The summed E-state index contributed by atoms with van der Waals surface area (Å²) in [6.45, 7) is 1.52. The van der Waals surface area contributed by atoms with Crippen LogP contribution in [0.4, 0.5) is 0 Å². The summed E-state index contributed by atoms with van der Waals surface area (Å²) in [7, 11) is 0. The Morgan fingerprint density at radius 1 is 1.29 bits per heavy atom. The van der Waals surface area contributed by atoms with Gasteiger partial charge >= 0.3 is 109 Å². The molecule has 1 fully saturated rings. The van der Waals surface area contributed by atoms with Crippen LogP contribution in [0.5, 0.6) is 0 Å². The van der Waals surface area contributed by atoms with E-state index < -0.39 is 0 Å². The molecule has 17 heavy (non-hydrogen) atoms. The molecule has 0 saturated carbocycles. The number of hydrogen-bond donors (Lipinski definition) is 0. The molecular formula is C14H18O2Se. The van der Waals surface area contributed by atoms with Crippen LogP contribution in [0.3, 0.4) is 0 Å². The summed E-state index contributed by atoms with van der Waals surface area (Å²) in [6, 6.07) is 10.5. The van der Waals surface area contributed by atoms with Gasteiger partial charge in [0.25, 0.3) is 0 Å². The third kappa shape index (κ3) is 5.05. The second-order valence-electron chi connectivity index (χ2n) is 3.93. The van der Waals surface area contributed by atoms with Gasteiger partial charge in [-0.1, -0.05) is 0 Å². The molecular weight excluding hydrogens is 279 g/mol. The Morgan fingerprint density at radius 3 is 2.94 bits per heavy atom. The molecule has 1 unspecified atom stereocenters. The van der Waals surface area contributed by atoms with Gasteiger partial charge in [-0.2, -0.15) is 0 Å². The van der Waals surface area contributed by atoms with E-state index in [1.165, 1.54) is 17.3 Å². The minimum atomic E-state index is 0.0256. The van der Waals surface area contributed by atoms with Crippen molar-refractivity contribution in [1.82, 2.24) is 0 Å². The van der Waals surface area contributed by atoms with Gasteiger partial charge in [0.15, 0.2) is 0 Å². The second kappa shape index (κ2) is 7.67. The molecule has 0 aromatic heterocycles. The van der Waals surface area contributed by atoms with Crippen LogP contribution in [-0.4, -0.2) is 34.5 Å². The average molecular weight is 297 g/mol. The van der Waals surface area contributed by atoms with E-state index in [0.717, 1.165) is 13.0 Å². The molecule has 0 N–H and O–H groups in total. The van der Waals surface area contributed by atoms with Gasteiger partial charge in [-0.25, -0.2) is 0 Å². The molecule has 0 radical (unpaired) electrons. The SMILES string of the molecule is C(=C/[Se]c1ccccc1)/COC1CCCCO1. The molecule has 0 spiro atoms. The molecule has 0 aliphatic carbocycles. The van der Waals surface area contributed by atoms with Gasteiger partial charge in [0.05, 0.1) is 0 Å². The second-order valence-corrected chi connectivity index (χ2v) is 5.99. The molecule has 0 amide bonds. The third-order valence-corrected chi connectivity index (χ3v) is 4.39. The van der Waals surface area contributed by atoms with Gasteiger partial charge in [-0.05, 0) is 0 Å². The molecule has 2 nitrogen and oxygen atoms in total. The van der Waals surface area contributed by atoms with E-state index in [4.69, 9.17) is 9.47 Å². The number of rotatable bonds is 5. The van der Waals surface area contributed by atoms with Crippen molar-refractivity contribution in [2.24, 2.45) is 0 Å². The molecule has 1 aromatic carbocycles. The summed E-state index contributed by atoms with van der Waals surface area (Å²) >= 11 is 0.415. The fourth-order valence-electron chi connectivity index (χ4n) is 1.67. The van der Waals surface area contributed by atoms with E-state index >= 15 is 0 Å². The standard InChI is InChI=1S/C14H18O2Se/c1-2-7-13(8-3-1)17-12-6-11-16-14-9-4-5-10-15-14/h1-3,6-8,12,14H,4-5,9-11H2/b12-6-. The monoisotopic (exact) mass is 298 g/mol. The van der Waals surface area contributed by atoms with Gasteiger partial charge in [-0.3, -0.25) is 0 Å². The Bertz CT molecular complexity index is 331. The van der Waals surface area contributed by atoms with Crippen molar-refractivity contribution in [3.63, 3.8) is 0 Å². The van der Waals surface area contributed by atoms with Crippen LogP contribution in [0, 0.1) is 0 Å². The summed E-state index contributed by atoms with van der Waals surface area (Å²) in [5, 5.41) is 0. The molecule has 0 bridgehead atoms. The van der Waals surface area contributed by atoms with E-state index in [1.54, 1.807) is 0 Å². The molecule has 1 atom stereocenters. The van der Waals surface area contributed by atoms with Gasteiger partial charge < -0.3 is 0 Å². The molecule has 92 valence electrons. The van der Waals surface area contributed by atoms with Crippen molar-refractivity contribution in [1.29, 1.82) is 0 Å². The molecule has 1 aromatic rings. The Kier molecular flexibility index (Phi) is 5.80. The quantitative estimate of drug-likeness (QED) is 0.775. The van der Waals surface area contributed by atoms with E-state index in [-0.39, 0.29) is 6.29 Å². The van der Waals surface area contributed by atoms with Crippen molar-refractivity contribution in [3.05, 3.63) is 41.4 Å². The summed E-state index contributed by atoms with van der Waals surface area (Å²) in [5.41, 5.74) is 0. The van der Waals surface area contributed by atoms with Crippen LogP contribution in [0.15, 0.2) is 41.4 Å². The van der Waals surface area contributed by atoms with Crippen LogP contribution in [0.1, 0.15) is 19.3 Å². The maximum absolute atomic E-state index is 5.62. The molecule has 1 aliphatic rings. The molecule has 1 aliphatic heterocycles. The fraction of sp³-hybridized carbons (Fsp3) is 0.429. The average Bonchev–Trinajstić information content (AvgIpc) is 2.41. The van der Waals surface area contributed by atoms with Gasteiger partial charge in [0.2, 0.25) is 0 Å². The first kappa shape index (κ1) is 12.8. The summed E-state index contributed by atoms with van der Waals surface area (Å²) in [6.07, 6.45) is 5.57. The molecule has 1 heterocycles. The molecule has 3 heteroatoms. The Hall–Kier alpha value is -0.601. The minimum absolute atomic E-state index is 0.0256. The predicted octanol–water partition coefficient (Wildman–Crippen LogP) is 2.07. The van der Waals surface area contributed by atoms with Crippen molar-refractivity contribution >= 4 is 19.4 Å². The van der Waals surface area contributed by atoms with Crippen molar-refractivity contribution in [2.75, 3.05) is 13.2 Å². The number of ether oxygens (including phenoxy) is 2. The van der Waals surface area contributed by atoms with Crippen LogP contribution in [0.25, 0.3) is 0 Å². The van der Waals surface area contributed by atoms with Gasteiger partial charge in [-0.15, -0.1) is 0 Å². The summed E-state index contributed by atoms with van der Waals surface area (Å²) in [5.74, 6) is 0. The zero-order valence-corrected chi connectivity index (χ0v) is 11.6. The zero-order valence-electron chi connectivity index (χ0n) is 9.88. The first-order valence-corrected chi connectivity index (χ1v) is 7.89. The van der Waals surface area contributed by atoms with Crippen molar-refractivity contribution in [3.8, 4) is 0 Å². The fourth-order valence-corrected chi connectivity index (χ4v) is 3.03. The van der Waals surface area contributed by atoms with E-state index in [9.17, 15) is 0 Å². The third-order valence-electron chi connectivity index (χ3n) is 2.56. The Labute approximate surface area is 109 Å². The van der Waals surface area contributed by atoms with Crippen molar-refractivity contribution < 1.29 is 9.47 Å². The Balaban J connectivity index is 1.61. The predicted molar refractivity (Wildman–Crippen MR) is 70.5 cm³/mol. The normalized spacial score (nSPS) is 20.8. The first-order valence-electron chi connectivity index (χ1n) is 6.05. The van der Waals surface area contributed by atoms with E-state index in [2.05, 4.69) is 35.3 Å². The summed E-state index contributed by atoms with van der Waals surface area (Å²) < 4.78 is 12.5.